The lowest BCUT2D eigenvalue weighted by Crippen LogP contribution is -1.88. The quantitative estimate of drug-likeness (QED) is 0.685. The molecule has 0 spiro atoms. The van der Waals surface area contributed by atoms with E-state index in [-0.39, 0.29) is 5.82 Å². The molecule has 0 bridgehead atoms. The van der Waals surface area contributed by atoms with Gasteiger partial charge in [-0.05, 0) is 24.6 Å². The molecule has 1 aromatic heterocycles. The smallest absolute Gasteiger partial charge is 0.152 e. The molecule has 2 aromatic carbocycles. The van der Waals surface area contributed by atoms with E-state index in [4.69, 9.17) is 0 Å². The van der Waals surface area contributed by atoms with Gasteiger partial charge in [-0.25, -0.2) is 4.39 Å². The number of H-pyrrole nitrogens is 1. The highest BCUT2D eigenvalue weighted by Crippen LogP contribution is 2.31. The highest BCUT2D eigenvalue weighted by molar-refractivity contribution is 6.05. The van der Waals surface area contributed by atoms with E-state index in [1.807, 2.05) is 25.1 Å². The molecular formula is C16H12FNO. The second kappa shape index (κ2) is 4.35. The van der Waals surface area contributed by atoms with E-state index in [1.165, 1.54) is 6.07 Å². The minimum atomic E-state index is -0.338. The maximum Gasteiger partial charge on any atom is 0.152 e. The van der Waals surface area contributed by atoms with Crippen LogP contribution in [0.25, 0.3) is 22.2 Å². The van der Waals surface area contributed by atoms with E-state index < -0.39 is 0 Å². The van der Waals surface area contributed by atoms with E-state index in [1.54, 1.807) is 18.2 Å². The van der Waals surface area contributed by atoms with Crippen LogP contribution in [-0.2, 0) is 0 Å². The molecule has 0 aliphatic heterocycles. The van der Waals surface area contributed by atoms with Crippen LogP contribution in [0.1, 0.15) is 15.9 Å². The molecule has 0 aliphatic rings. The maximum absolute atomic E-state index is 13.9. The molecule has 0 saturated carbocycles. The highest BCUT2D eigenvalue weighted by Gasteiger charge is 2.15. The van der Waals surface area contributed by atoms with Crippen molar-refractivity contribution in [3.8, 4) is 11.3 Å². The zero-order valence-electron chi connectivity index (χ0n) is 10.4. The lowest BCUT2D eigenvalue weighted by atomic mass is 10.0. The average molecular weight is 253 g/mol. The van der Waals surface area contributed by atoms with Gasteiger partial charge in [0, 0.05) is 22.0 Å². The van der Waals surface area contributed by atoms with Crippen molar-refractivity contribution in [1.82, 2.24) is 4.98 Å². The Balaban J connectivity index is 2.39. The summed E-state index contributed by atoms with van der Waals surface area (Å²) in [5.41, 5.74) is 3.37. The van der Waals surface area contributed by atoms with Crippen LogP contribution in [0.15, 0.2) is 42.5 Å². The Hall–Kier alpha value is -2.42. The number of carbonyl (C=O) groups excluding carboxylic acids is 1. The molecule has 19 heavy (non-hydrogen) atoms. The molecule has 0 aliphatic carbocycles. The van der Waals surface area contributed by atoms with Gasteiger partial charge in [-0.2, -0.15) is 0 Å². The minimum Gasteiger partial charge on any atom is -0.354 e. The first-order valence-electron chi connectivity index (χ1n) is 6.03. The predicted octanol–water partition coefficient (Wildman–Crippen LogP) is 4.09. The van der Waals surface area contributed by atoms with Gasteiger partial charge in [0.15, 0.2) is 6.29 Å². The van der Waals surface area contributed by atoms with Crippen LogP contribution in [0.5, 0.6) is 0 Å². The molecule has 0 amide bonds. The SMILES string of the molecule is Cc1cccc2c(C=O)c(-c3ccccc3F)[nH]c12. The summed E-state index contributed by atoms with van der Waals surface area (Å²) in [6.45, 7) is 1.96. The Kier molecular flexibility index (Phi) is 2.67. The van der Waals surface area contributed by atoms with Gasteiger partial charge in [-0.15, -0.1) is 0 Å². The molecule has 0 unspecified atom stereocenters. The number of carbonyl (C=O) groups is 1. The van der Waals surface area contributed by atoms with E-state index in [0.717, 1.165) is 22.8 Å². The molecular weight excluding hydrogens is 241 g/mol. The number of aryl methyl sites for hydroxylation is 1. The van der Waals surface area contributed by atoms with Crippen molar-refractivity contribution in [2.75, 3.05) is 0 Å². The second-order valence-corrected chi connectivity index (χ2v) is 4.51. The van der Waals surface area contributed by atoms with E-state index in [9.17, 15) is 9.18 Å². The lowest BCUT2D eigenvalue weighted by molar-refractivity contribution is 0.112. The van der Waals surface area contributed by atoms with Crippen LogP contribution >= 0.6 is 0 Å². The number of aldehydes is 1. The summed E-state index contributed by atoms with van der Waals surface area (Å²) in [6.07, 6.45) is 0.778. The van der Waals surface area contributed by atoms with Gasteiger partial charge < -0.3 is 4.98 Å². The molecule has 3 rings (SSSR count). The van der Waals surface area contributed by atoms with Crippen LogP contribution < -0.4 is 0 Å². The van der Waals surface area contributed by atoms with Crippen LogP contribution in [-0.4, -0.2) is 11.3 Å². The summed E-state index contributed by atoms with van der Waals surface area (Å²) >= 11 is 0. The summed E-state index contributed by atoms with van der Waals surface area (Å²) < 4.78 is 13.9. The molecule has 3 aromatic rings. The molecule has 0 saturated heterocycles. The van der Waals surface area contributed by atoms with E-state index in [2.05, 4.69) is 4.98 Å². The molecule has 2 nitrogen and oxygen atoms in total. The first kappa shape index (κ1) is 11.7. The minimum absolute atomic E-state index is 0.338. The van der Waals surface area contributed by atoms with Crippen LogP contribution in [0.3, 0.4) is 0 Å². The topological polar surface area (TPSA) is 32.9 Å². The number of aromatic amines is 1. The number of para-hydroxylation sites is 1. The summed E-state index contributed by atoms with van der Waals surface area (Å²) in [5.74, 6) is -0.338. The largest absolute Gasteiger partial charge is 0.354 e. The number of rotatable bonds is 2. The normalized spacial score (nSPS) is 10.8. The highest BCUT2D eigenvalue weighted by atomic mass is 19.1. The van der Waals surface area contributed by atoms with Gasteiger partial charge in [-0.1, -0.05) is 30.3 Å². The second-order valence-electron chi connectivity index (χ2n) is 4.51. The van der Waals surface area contributed by atoms with E-state index >= 15 is 0 Å². The Morgan fingerprint density at radius 2 is 1.89 bits per heavy atom. The van der Waals surface area contributed by atoms with Crippen molar-refractivity contribution in [1.29, 1.82) is 0 Å². The van der Waals surface area contributed by atoms with Gasteiger partial charge in [0.2, 0.25) is 0 Å². The van der Waals surface area contributed by atoms with E-state index in [0.29, 0.717) is 16.8 Å². The molecule has 1 heterocycles. The zero-order chi connectivity index (χ0) is 13.4. The molecule has 0 atom stereocenters. The fourth-order valence-electron chi connectivity index (χ4n) is 2.38. The number of hydrogen-bond donors (Lipinski definition) is 1. The van der Waals surface area contributed by atoms with Crippen LogP contribution in [0.4, 0.5) is 4.39 Å². The third-order valence-electron chi connectivity index (χ3n) is 3.34. The number of benzene rings is 2. The summed E-state index contributed by atoms with van der Waals surface area (Å²) in [5, 5.41) is 0.827. The van der Waals surface area contributed by atoms with Crippen molar-refractivity contribution in [3.63, 3.8) is 0 Å². The summed E-state index contributed by atoms with van der Waals surface area (Å²) in [6, 6.07) is 12.2. The first-order chi connectivity index (χ1) is 9.22. The maximum atomic E-state index is 13.9. The average Bonchev–Trinajstić information content (AvgIpc) is 2.79. The predicted molar refractivity (Wildman–Crippen MR) is 73.8 cm³/mol. The molecule has 3 heteroatoms. The monoisotopic (exact) mass is 253 g/mol. The van der Waals surface area contributed by atoms with Crippen molar-refractivity contribution >= 4 is 17.2 Å². The number of fused-ring (bicyclic) bond motifs is 1. The molecule has 94 valence electrons. The fourth-order valence-corrected chi connectivity index (χ4v) is 2.38. The van der Waals surface area contributed by atoms with Gasteiger partial charge in [0.05, 0.1) is 5.69 Å². The number of hydrogen-bond acceptors (Lipinski definition) is 1. The van der Waals surface area contributed by atoms with Crippen molar-refractivity contribution < 1.29 is 9.18 Å². The van der Waals surface area contributed by atoms with Crippen LogP contribution in [0.2, 0.25) is 0 Å². The zero-order valence-corrected chi connectivity index (χ0v) is 10.4. The number of halogens is 1. The first-order valence-corrected chi connectivity index (χ1v) is 6.03. The standard InChI is InChI=1S/C16H12FNO/c1-10-5-4-7-11-13(9-19)16(18-15(10)11)12-6-2-3-8-14(12)17/h2-9,18H,1H3. The summed E-state index contributed by atoms with van der Waals surface area (Å²) in [4.78, 5) is 14.5. The van der Waals surface area contributed by atoms with Crippen LogP contribution in [0, 0.1) is 12.7 Å². The third kappa shape index (κ3) is 1.74. The van der Waals surface area contributed by atoms with Gasteiger partial charge in [0.25, 0.3) is 0 Å². The Bertz CT molecular complexity index is 774. The lowest BCUT2D eigenvalue weighted by Gasteiger charge is -2.01. The van der Waals surface area contributed by atoms with Crippen molar-refractivity contribution in [2.24, 2.45) is 0 Å². The van der Waals surface area contributed by atoms with Crippen molar-refractivity contribution in [2.45, 2.75) is 6.92 Å². The fraction of sp³-hybridized carbons (Fsp3) is 0.0625. The number of aromatic nitrogens is 1. The van der Waals surface area contributed by atoms with Gasteiger partial charge in [0.1, 0.15) is 5.82 Å². The number of nitrogens with one attached hydrogen (secondary N) is 1. The summed E-state index contributed by atoms with van der Waals surface area (Å²) in [7, 11) is 0. The Labute approximate surface area is 109 Å². The third-order valence-corrected chi connectivity index (χ3v) is 3.34. The molecule has 0 fully saturated rings. The van der Waals surface area contributed by atoms with Crippen molar-refractivity contribution in [3.05, 3.63) is 59.4 Å². The molecule has 1 N–H and O–H groups in total. The Morgan fingerprint density at radius 1 is 1.11 bits per heavy atom. The Morgan fingerprint density at radius 3 is 2.63 bits per heavy atom. The molecule has 0 radical (unpaired) electrons. The van der Waals surface area contributed by atoms with Gasteiger partial charge in [-0.3, -0.25) is 4.79 Å². The van der Waals surface area contributed by atoms with Gasteiger partial charge >= 0.3 is 0 Å².